The third-order valence-corrected chi connectivity index (χ3v) is 5.04. The topological polar surface area (TPSA) is 44.9 Å². The highest BCUT2D eigenvalue weighted by molar-refractivity contribution is 9.10. The number of rotatable bonds is 5. The Morgan fingerprint density at radius 2 is 1.92 bits per heavy atom. The maximum Gasteiger partial charge on any atom is 0.224 e. The lowest BCUT2D eigenvalue weighted by Crippen LogP contribution is -2.37. The van der Waals surface area contributed by atoms with E-state index in [0.717, 1.165) is 21.2 Å². The molecule has 3 nitrogen and oxygen atoms in total. The smallest absolute Gasteiger partial charge is 0.224 e. The van der Waals surface area contributed by atoms with Crippen molar-refractivity contribution in [1.82, 2.24) is 10.3 Å². The van der Waals surface area contributed by atoms with Gasteiger partial charge in [-0.1, -0.05) is 60.1 Å². The molecule has 0 aliphatic heterocycles. The molecule has 0 spiro atoms. The molecule has 1 amide bonds. The Balaban J connectivity index is 1.73. The van der Waals surface area contributed by atoms with Crippen molar-refractivity contribution < 1.29 is 4.79 Å². The third-order valence-electron chi connectivity index (χ3n) is 4.55. The fraction of sp³-hybridized carbons (Fsp3) is 0.286. The minimum absolute atomic E-state index is 0.0451. The molecule has 0 fully saturated rings. The molecule has 0 radical (unpaired) electrons. The second kappa shape index (κ2) is 7.04. The molecule has 25 heavy (non-hydrogen) atoms. The zero-order valence-corrected chi connectivity index (χ0v) is 16.4. The summed E-state index contributed by atoms with van der Waals surface area (Å²) in [5.41, 5.74) is 4.42. The average Bonchev–Trinajstić information content (AvgIpc) is 2.89. The van der Waals surface area contributed by atoms with Gasteiger partial charge in [-0.15, -0.1) is 0 Å². The van der Waals surface area contributed by atoms with Gasteiger partial charge in [-0.3, -0.25) is 4.79 Å². The van der Waals surface area contributed by atoms with Crippen LogP contribution in [0.25, 0.3) is 10.9 Å². The zero-order valence-electron chi connectivity index (χ0n) is 14.8. The van der Waals surface area contributed by atoms with E-state index in [1.807, 2.05) is 30.3 Å². The second-order valence-electron chi connectivity index (χ2n) is 7.14. The van der Waals surface area contributed by atoms with Gasteiger partial charge >= 0.3 is 0 Å². The standard InChI is InChI=1S/C21H23BrN2O/c1-14-20(17-9-4-5-10-18(17)24-14)21(2,3)13-23-19(25)12-15-7-6-8-16(22)11-15/h4-11,24H,12-13H2,1-3H3,(H,23,25). The maximum absolute atomic E-state index is 12.4. The molecule has 130 valence electrons. The molecule has 2 aromatic carbocycles. The summed E-state index contributed by atoms with van der Waals surface area (Å²) in [6.45, 7) is 7.05. The van der Waals surface area contributed by atoms with Crippen LogP contribution < -0.4 is 5.32 Å². The summed E-state index contributed by atoms with van der Waals surface area (Å²) >= 11 is 3.44. The summed E-state index contributed by atoms with van der Waals surface area (Å²) < 4.78 is 0.993. The number of carbonyl (C=O) groups excluding carboxylic acids is 1. The Morgan fingerprint density at radius 3 is 2.68 bits per heavy atom. The van der Waals surface area contributed by atoms with Crippen LogP contribution >= 0.6 is 15.9 Å². The fourth-order valence-electron chi connectivity index (χ4n) is 3.45. The van der Waals surface area contributed by atoms with Gasteiger partial charge in [0.15, 0.2) is 0 Å². The van der Waals surface area contributed by atoms with Gasteiger partial charge in [0.1, 0.15) is 0 Å². The van der Waals surface area contributed by atoms with Crippen molar-refractivity contribution in [2.24, 2.45) is 0 Å². The molecule has 0 bridgehead atoms. The Bertz CT molecular complexity index is 911. The van der Waals surface area contributed by atoms with Crippen LogP contribution in [0.5, 0.6) is 0 Å². The lowest BCUT2D eigenvalue weighted by molar-refractivity contribution is -0.120. The molecule has 3 aromatic rings. The van der Waals surface area contributed by atoms with E-state index in [-0.39, 0.29) is 11.3 Å². The quantitative estimate of drug-likeness (QED) is 0.632. The van der Waals surface area contributed by atoms with E-state index in [0.29, 0.717) is 13.0 Å². The number of aromatic amines is 1. The molecule has 2 N–H and O–H groups in total. The maximum atomic E-state index is 12.4. The van der Waals surface area contributed by atoms with E-state index in [4.69, 9.17) is 0 Å². The van der Waals surface area contributed by atoms with E-state index in [1.54, 1.807) is 0 Å². The van der Waals surface area contributed by atoms with Gasteiger partial charge in [0, 0.05) is 33.0 Å². The van der Waals surface area contributed by atoms with E-state index in [1.165, 1.54) is 10.9 Å². The molecule has 3 rings (SSSR count). The first-order valence-electron chi connectivity index (χ1n) is 8.46. The zero-order chi connectivity index (χ0) is 18.0. The van der Waals surface area contributed by atoms with Crippen molar-refractivity contribution in [2.75, 3.05) is 6.54 Å². The van der Waals surface area contributed by atoms with Crippen molar-refractivity contribution in [3.63, 3.8) is 0 Å². The minimum atomic E-state index is -0.156. The van der Waals surface area contributed by atoms with Gasteiger partial charge in [0.2, 0.25) is 5.91 Å². The largest absolute Gasteiger partial charge is 0.358 e. The van der Waals surface area contributed by atoms with Crippen LogP contribution in [0.3, 0.4) is 0 Å². The van der Waals surface area contributed by atoms with Crippen molar-refractivity contribution in [2.45, 2.75) is 32.6 Å². The Kier molecular flexibility index (Phi) is 5.00. The summed E-state index contributed by atoms with van der Waals surface area (Å²) in [4.78, 5) is 15.8. The number of nitrogens with one attached hydrogen (secondary N) is 2. The second-order valence-corrected chi connectivity index (χ2v) is 8.05. The van der Waals surface area contributed by atoms with E-state index in [2.05, 4.69) is 65.2 Å². The highest BCUT2D eigenvalue weighted by atomic mass is 79.9. The normalized spacial score (nSPS) is 11.7. The molecule has 1 aromatic heterocycles. The van der Waals surface area contributed by atoms with Gasteiger partial charge in [-0.05, 0) is 36.2 Å². The first kappa shape index (κ1) is 17.7. The number of aromatic nitrogens is 1. The Morgan fingerprint density at radius 1 is 1.16 bits per heavy atom. The number of hydrogen-bond acceptors (Lipinski definition) is 1. The number of para-hydroxylation sites is 1. The summed E-state index contributed by atoms with van der Waals surface area (Å²) in [5.74, 6) is 0.0451. The average molecular weight is 399 g/mol. The predicted octanol–water partition coefficient (Wildman–Crippen LogP) is 4.88. The number of halogens is 1. The fourth-order valence-corrected chi connectivity index (χ4v) is 3.90. The Labute approximate surface area is 157 Å². The molecule has 0 atom stereocenters. The highest BCUT2D eigenvalue weighted by Gasteiger charge is 2.26. The van der Waals surface area contributed by atoms with Crippen molar-refractivity contribution in [3.05, 3.63) is 69.8 Å². The lowest BCUT2D eigenvalue weighted by Gasteiger charge is -2.26. The van der Waals surface area contributed by atoms with E-state index in [9.17, 15) is 4.79 Å². The predicted molar refractivity (Wildman–Crippen MR) is 107 cm³/mol. The van der Waals surface area contributed by atoms with Gasteiger partial charge < -0.3 is 10.3 Å². The van der Waals surface area contributed by atoms with Crippen LogP contribution in [0.1, 0.15) is 30.7 Å². The highest BCUT2D eigenvalue weighted by Crippen LogP contribution is 2.33. The van der Waals surface area contributed by atoms with Crippen LogP contribution in [0.15, 0.2) is 53.0 Å². The van der Waals surface area contributed by atoms with Crippen LogP contribution in [0.4, 0.5) is 0 Å². The van der Waals surface area contributed by atoms with Gasteiger partial charge in [-0.25, -0.2) is 0 Å². The number of fused-ring (bicyclic) bond motifs is 1. The summed E-state index contributed by atoms with van der Waals surface area (Å²) in [5, 5.41) is 4.33. The summed E-state index contributed by atoms with van der Waals surface area (Å²) in [6.07, 6.45) is 0.391. The number of hydrogen-bond donors (Lipinski definition) is 2. The molecule has 0 saturated carbocycles. The van der Waals surface area contributed by atoms with Crippen LogP contribution in [0, 0.1) is 6.92 Å². The van der Waals surface area contributed by atoms with Crippen molar-refractivity contribution in [3.8, 4) is 0 Å². The number of H-pyrrole nitrogens is 1. The number of carbonyl (C=O) groups is 1. The van der Waals surface area contributed by atoms with Crippen molar-refractivity contribution >= 4 is 32.7 Å². The first-order valence-corrected chi connectivity index (χ1v) is 9.25. The minimum Gasteiger partial charge on any atom is -0.358 e. The van der Waals surface area contributed by atoms with Gasteiger partial charge in [-0.2, -0.15) is 0 Å². The SMILES string of the molecule is Cc1[nH]c2ccccc2c1C(C)(C)CNC(=O)Cc1cccc(Br)c1. The molecule has 0 saturated heterocycles. The van der Waals surface area contributed by atoms with Crippen LogP contribution in [0.2, 0.25) is 0 Å². The molecule has 0 unspecified atom stereocenters. The Hall–Kier alpha value is -2.07. The first-order chi connectivity index (χ1) is 11.9. The van der Waals surface area contributed by atoms with Crippen LogP contribution in [-0.2, 0) is 16.6 Å². The lowest BCUT2D eigenvalue weighted by atomic mass is 9.82. The van der Waals surface area contributed by atoms with Gasteiger partial charge in [0.25, 0.3) is 0 Å². The number of amides is 1. The summed E-state index contributed by atoms with van der Waals surface area (Å²) in [6, 6.07) is 16.2. The molecule has 1 heterocycles. The van der Waals surface area contributed by atoms with E-state index < -0.39 is 0 Å². The van der Waals surface area contributed by atoms with E-state index >= 15 is 0 Å². The molecule has 0 aliphatic rings. The van der Waals surface area contributed by atoms with Crippen LogP contribution in [-0.4, -0.2) is 17.4 Å². The number of benzene rings is 2. The molecule has 4 heteroatoms. The number of aryl methyl sites for hydroxylation is 1. The monoisotopic (exact) mass is 398 g/mol. The molecular formula is C21H23BrN2O. The third kappa shape index (κ3) is 3.96. The van der Waals surface area contributed by atoms with Gasteiger partial charge in [0.05, 0.1) is 6.42 Å². The molecular weight excluding hydrogens is 376 g/mol. The van der Waals surface area contributed by atoms with Crippen molar-refractivity contribution in [1.29, 1.82) is 0 Å². The molecule has 0 aliphatic carbocycles. The summed E-state index contributed by atoms with van der Waals surface area (Å²) in [7, 11) is 0.